The fourth-order valence-electron chi connectivity index (χ4n) is 1.33. The van der Waals surface area contributed by atoms with E-state index < -0.39 is 0 Å². The lowest BCUT2D eigenvalue weighted by atomic mass is 10.3. The van der Waals surface area contributed by atoms with Gasteiger partial charge in [-0.1, -0.05) is 12.1 Å². The van der Waals surface area contributed by atoms with Crippen LogP contribution < -0.4 is 5.32 Å². The molecule has 0 radical (unpaired) electrons. The number of hydrogen-bond acceptors (Lipinski definition) is 3. The minimum Gasteiger partial charge on any atom is -0.382 e. The van der Waals surface area contributed by atoms with Crippen molar-refractivity contribution in [1.82, 2.24) is 0 Å². The molecule has 0 saturated carbocycles. The molecule has 0 aliphatic heterocycles. The second-order valence-corrected chi connectivity index (χ2v) is 3.54. The second kappa shape index (κ2) is 7.19. The third kappa shape index (κ3) is 4.59. The molecule has 1 atom stereocenters. The quantitative estimate of drug-likeness (QED) is 0.725. The predicted octanol–water partition coefficient (Wildman–Crippen LogP) is 2.29. The van der Waals surface area contributed by atoms with Gasteiger partial charge in [0.2, 0.25) is 0 Å². The van der Waals surface area contributed by atoms with Gasteiger partial charge < -0.3 is 14.8 Å². The Kier molecular flexibility index (Phi) is 5.82. The zero-order chi connectivity index (χ0) is 11.8. The van der Waals surface area contributed by atoms with E-state index in [1.807, 2.05) is 6.92 Å². The van der Waals surface area contributed by atoms with Crippen LogP contribution in [0, 0.1) is 5.82 Å². The van der Waals surface area contributed by atoms with Crippen molar-refractivity contribution in [3.8, 4) is 0 Å². The Bertz CT molecular complexity index is 307. The van der Waals surface area contributed by atoms with Crippen LogP contribution in [0.2, 0.25) is 0 Å². The Hall–Kier alpha value is -1.13. The molecule has 0 saturated heterocycles. The number of halogens is 1. The Morgan fingerprint density at radius 3 is 2.81 bits per heavy atom. The van der Waals surface area contributed by atoms with E-state index in [0.717, 1.165) is 0 Å². The molecule has 0 bridgehead atoms. The van der Waals surface area contributed by atoms with Crippen LogP contribution in [0.4, 0.5) is 10.1 Å². The lowest BCUT2D eigenvalue weighted by Crippen LogP contribution is -2.19. The van der Waals surface area contributed by atoms with Gasteiger partial charge in [0.15, 0.2) is 0 Å². The van der Waals surface area contributed by atoms with Gasteiger partial charge in [0, 0.05) is 13.7 Å². The molecule has 0 aliphatic rings. The average Bonchev–Trinajstić information content (AvgIpc) is 2.27. The van der Waals surface area contributed by atoms with Crippen molar-refractivity contribution in [1.29, 1.82) is 0 Å². The minimum atomic E-state index is -0.243. The molecular formula is C12H18FNO2. The molecule has 0 aliphatic carbocycles. The van der Waals surface area contributed by atoms with Crippen LogP contribution in [-0.4, -0.2) is 33.0 Å². The summed E-state index contributed by atoms with van der Waals surface area (Å²) in [7, 11) is 1.64. The van der Waals surface area contributed by atoms with Gasteiger partial charge in [0.1, 0.15) is 5.82 Å². The van der Waals surface area contributed by atoms with Gasteiger partial charge in [-0.05, 0) is 19.1 Å². The molecule has 0 fully saturated rings. The number of ether oxygens (including phenoxy) is 2. The number of benzene rings is 1. The summed E-state index contributed by atoms with van der Waals surface area (Å²) in [5.74, 6) is -0.243. The van der Waals surface area contributed by atoms with E-state index in [1.165, 1.54) is 6.07 Å². The number of rotatable bonds is 7. The molecule has 1 N–H and O–H groups in total. The zero-order valence-corrected chi connectivity index (χ0v) is 9.70. The van der Waals surface area contributed by atoms with Gasteiger partial charge in [0.25, 0.3) is 0 Å². The molecule has 1 aromatic carbocycles. The lowest BCUT2D eigenvalue weighted by molar-refractivity contribution is 0.0140. The van der Waals surface area contributed by atoms with Gasteiger partial charge in [-0.2, -0.15) is 0 Å². The van der Waals surface area contributed by atoms with E-state index in [0.29, 0.717) is 25.4 Å². The second-order valence-electron chi connectivity index (χ2n) is 3.54. The topological polar surface area (TPSA) is 30.5 Å². The molecule has 0 aromatic heterocycles. The first-order valence-electron chi connectivity index (χ1n) is 5.33. The van der Waals surface area contributed by atoms with E-state index in [4.69, 9.17) is 9.47 Å². The molecule has 0 spiro atoms. The molecular weight excluding hydrogens is 209 g/mol. The summed E-state index contributed by atoms with van der Waals surface area (Å²) in [6.07, 6.45) is 0.0624. The molecule has 90 valence electrons. The normalized spacial score (nSPS) is 12.4. The lowest BCUT2D eigenvalue weighted by Gasteiger charge is -2.12. The first-order chi connectivity index (χ1) is 7.74. The van der Waals surface area contributed by atoms with Crippen LogP contribution >= 0.6 is 0 Å². The maximum atomic E-state index is 13.2. The van der Waals surface area contributed by atoms with Crippen LogP contribution in [0.3, 0.4) is 0 Å². The molecule has 1 rings (SSSR count). The van der Waals surface area contributed by atoms with Crippen molar-refractivity contribution < 1.29 is 13.9 Å². The van der Waals surface area contributed by atoms with Crippen LogP contribution in [0.25, 0.3) is 0 Å². The van der Waals surface area contributed by atoms with E-state index in [9.17, 15) is 4.39 Å². The molecule has 0 amide bonds. The predicted molar refractivity (Wildman–Crippen MR) is 62.2 cm³/mol. The van der Waals surface area contributed by atoms with E-state index >= 15 is 0 Å². The highest BCUT2D eigenvalue weighted by atomic mass is 19.1. The van der Waals surface area contributed by atoms with Gasteiger partial charge >= 0.3 is 0 Å². The summed E-state index contributed by atoms with van der Waals surface area (Å²) in [4.78, 5) is 0. The number of hydrogen-bond donors (Lipinski definition) is 1. The minimum absolute atomic E-state index is 0.0624. The Morgan fingerprint density at radius 2 is 2.12 bits per heavy atom. The average molecular weight is 227 g/mol. The van der Waals surface area contributed by atoms with Crippen molar-refractivity contribution in [2.24, 2.45) is 0 Å². The highest BCUT2D eigenvalue weighted by Crippen LogP contribution is 2.11. The van der Waals surface area contributed by atoms with Crippen LogP contribution in [0.1, 0.15) is 6.92 Å². The Balaban J connectivity index is 2.19. The van der Waals surface area contributed by atoms with Crippen LogP contribution in [0.5, 0.6) is 0 Å². The van der Waals surface area contributed by atoms with Gasteiger partial charge in [-0.25, -0.2) is 4.39 Å². The van der Waals surface area contributed by atoms with Crippen molar-refractivity contribution in [2.45, 2.75) is 13.0 Å². The summed E-state index contributed by atoms with van der Waals surface area (Å²) < 4.78 is 23.5. The molecule has 4 heteroatoms. The first kappa shape index (κ1) is 12.9. The number of para-hydroxylation sites is 1. The monoisotopic (exact) mass is 227 g/mol. The number of methoxy groups -OCH3 is 1. The molecule has 1 unspecified atom stereocenters. The number of anilines is 1. The van der Waals surface area contributed by atoms with E-state index in [1.54, 1.807) is 25.3 Å². The number of nitrogens with one attached hydrogen (secondary N) is 1. The molecule has 3 nitrogen and oxygen atoms in total. The van der Waals surface area contributed by atoms with Gasteiger partial charge in [-0.15, -0.1) is 0 Å². The summed E-state index contributed by atoms with van der Waals surface area (Å²) >= 11 is 0. The van der Waals surface area contributed by atoms with E-state index in [-0.39, 0.29) is 11.9 Å². The van der Waals surface area contributed by atoms with Crippen LogP contribution in [-0.2, 0) is 9.47 Å². The molecule has 1 aromatic rings. The fraction of sp³-hybridized carbons (Fsp3) is 0.500. The zero-order valence-electron chi connectivity index (χ0n) is 9.70. The van der Waals surface area contributed by atoms with Gasteiger partial charge in [0.05, 0.1) is 25.0 Å². The van der Waals surface area contributed by atoms with Crippen molar-refractivity contribution >= 4 is 5.69 Å². The summed E-state index contributed by atoms with van der Waals surface area (Å²) in [5, 5.41) is 2.97. The Labute approximate surface area is 95.6 Å². The standard InChI is InChI=1S/C12H18FNO2/c1-10(9-15-2)16-8-7-14-12-6-4-3-5-11(12)13/h3-6,10,14H,7-9H2,1-2H3. The summed E-state index contributed by atoms with van der Waals surface area (Å²) in [6, 6.07) is 6.59. The SMILES string of the molecule is COCC(C)OCCNc1ccccc1F. The van der Waals surface area contributed by atoms with Crippen molar-refractivity contribution in [2.75, 3.05) is 32.2 Å². The fourth-order valence-corrected chi connectivity index (χ4v) is 1.33. The largest absolute Gasteiger partial charge is 0.382 e. The molecule has 0 heterocycles. The Morgan fingerprint density at radius 1 is 1.38 bits per heavy atom. The summed E-state index contributed by atoms with van der Waals surface area (Å²) in [5.41, 5.74) is 0.505. The summed E-state index contributed by atoms with van der Waals surface area (Å²) in [6.45, 7) is 3.61. The highest BCUT2D eigenvalue weighted by Gasteiger charge is 2.01. The maximum absolute atomic E-state index is 13.2. The third-order valence-corrected chi connectivity index (χ3v) is 2.10. The first-order valence-corrected chi connectivity index (χ1v) is 5.33. The maximum Gasteiger partial charge on any atom is 0.146 e. The van der Waals surface area contributed by atoms with Gasteiger partial charge in [-0.3, -0.25) is 0 Å². The van der Waals surface area contributed by atoms with E-state index in [2.05, 4.69) is 5.32 Å². The van der Waals surface area contributed by atoms with Crippen LogP contribution in [0.15, 0.2) is 24.3 Å². The smallest absolute Gasteiger partial charge is 0.146 e. The molecule has 16 heavy (non-hydrogen) atoms. The van der Waals surface area contributed by atoms with Crippen molar-refractivity contribution in [3.63, 3.8) is 0 Å². The van der Waals surface area contributed by atoms with Crippen molar-refractivity contribution in [3.05, 3.63) is 30.1 Å². The highest BCUT2D eigenvalue weighted by molar-refractivity contribution is 5.44. The third-order valence-electron chi connectivity index (χ3n) is 2.10.